The predicted molar refractivity (Wildman–Crippen MR) is 120 cm³/mol. The first-order chi connectivity index (χ1) is 14.9. The Morgan fingerprint density at radius 1 is 1.19 bits per heavy atom. The first kappa shape index (κ1) is 21.6. The molecule has 3 N–H and O–H groups in total. The van der Waals surface area contributed by atoms with Gasteiger partial charge in [-0.05, 0) is 42.9 Å². The standard InChI is InChI=1S/C24H32N4O3/c1-26-11-4-9-21(23(26)30)20-8-5-12-28(24(25)31)22(20)14-19(29)16-27-13-10-17-6-2-3-7-18(17)15-27/h2-4,6-7,9,11,19-20,22,29H,5,8,10,12-16H2,1H3,(H2,25,31)/t19-,20?,22?/m0/s1. The van der Waals surface area contributed by atoms with Gasteiger partial charge in [-0.1, -0.05) is 30.3 Å². The number of rotatable bonds is 5. The molecule has 2 amide bonds. The number of benzene rings is 1. The van der Waals surface area contributed by atoms with Crippen LogP contribution in [-0.2, 0) is 20.0 Å². The number of likely N-dealkylation sites (tertiary alicyclic amines) is 1. The number of primary amides is 1. The van der Waals surface area contributed by atoms with Crippen LogP contribution < -0.4 is 11.3 Å². The molecule has 4 rings (SSSR count). The molecule has 166 valence electrons. The molecule has 7 heteroatoms. The van der Waals surface area contributed by atoms with Crippen molar-refractivity contribution in [3.05, 3.63) is 69.6 Å². The van der Waals surface area contributed by atoms with Crippen molar-refractivity contribution in [2.24, 2.45) is 12.8 Å². The molecule has 2 aliphatic rings. The summed E-state index contributed by atoms with van der Waals surface area (Å²) < 4.78 is 1.57. The summed E-state index contributed by atoms with van der Waals surface area (Å²) in [6.45, 7) is 2.82. The predicted octanol–water partition coefficient (Wildman–Crippen LogP) is 1.82. The molecule has 3 heterocycles. The summed E-state index contributed by atoms with van der Waals surface area (Å²) in [6.07, 6.45) is 4.11. The van der Waals surface area contributed by atoms with E-state index in [0.29, 0.717) is 25.1 Å². The fourth-order valence-electron chi connectivity index (χ4n) is 5.25. The molecule has 0 radical (unpaired) electrons. The van der Waals surface area contributed by atoms with E-state index in [-0.39, 0.29) is 17.5 Å². The van der Waals surface area contributed by atoms with Crippen molar-refractivity contribution < 1.29 is 9.90 Å². The van der Waals surface area contributed by atoms with Gasteiger partial charge in [-0.3, -0.25) is 9.69 Å². The number of urea groups is 1. The molecule has 0 bridgehead atoms. The lowest BCUT2D eigenvalue weighted by molar-refractivity contribution is 0.0568. The number of aliphatic hydroxyl groups is 1. The Kier molecular flexibility index (Phi) is 6.43. The van der Waals surface area contributed by atoms with Gasteiger partial charge < -0.3 is 20.3 Å². The third-order valence-corrected chi connectivity index (χ3v) is 6.81. The van der Waals surface area contributed by atoms with Gasteiger partial charge in [0.05, 0.1) is 6.10 Å². The average Bonchev–Trinajstić information content (AvgIpc) is 2.75. The summed E-state index contributed by atoms with van der Waals surface area (Å²) in [7, 11) is 1.73. The first-order valence-electron chi connectivity index (χ1n) is 11.1. The Morgan fingerprint density at radius 3 is 2.74 bits per heavy atom. The topological polar surface area (TPSA) is 91.8 Å². The molecule has 3 atom stereocenters. The molecule has 1 saturated heterocycles. The third-order valence-electron chi connectivity index (χ3n) is 6.81. The Hall–Kier alpha value is -2.64. The number of aromatic nitrogens is 1. The third kappa shape index (κ3) is 4.67. The van der Waals surface area contributed by atoms with Gasteiger partial charge in [0.25, 0.3) is 5.56 Å². The van der Waals surface area contributed by atoms with Crippen LogP contribution in [0.1, 0.15) is 41.9 Å². The normalized spacial score (nSPS) is 22.7. The summed E-state index contributed by atoms with van der Waals surface area (Å²) in [5, 5.41) is 11.0. The summed E-state index contributed by atoms with van der Waals surface area (Å²) in [6, 6.07) is 11.4. The number of amides is 2. The summed E-state index contributed by atoms with van der Waals surface area (Å²) in [4.78, 5) is 28.9. The summed E-state index contributed by atoms with van der Waals surface area (Å²) >= 11 is 0. The largest absolute Gasteiger partial charge is 0.392 e. The van der Waals surface area contributed by atoms with Crippen LogP contribution in [0.5, 0.6) is 0 Å². The van der Waals surface area contributed by atoms with Crippen LogP contribution in [0.3, 0.4) is 0 Å². The van der Waals surface area contributed by atoms with Gasteiger partial charge in [-0.2, -0.15) is 0 Å². The lowest BCUT2D eigenvalue weighted by atomic mass is 9.81. The van der Waals surface area contributed by atoms with E-state index >= 15 is 0 Å². The number of carbonyl (C=O) groups excluding carboxylic acids is 1. The number of fused-ring (bicyclic) bond motifs is 1. The Morgan fingerprint density at radius 2 is 1.97 bits per heavy atom. The second kappa shape index (κ2) is 9.24. The molecule has 2 aliphatic heterocycles. The number of hydrogen-bond acceptors (Lipinski definition) is 4. The smallest absolute Gasteiger partial charge is 0.315 e. The van der Waals surface area contributed by atoms with Crippen molar-refractivity contribution in [2.75, 3.05) is 19.6 Å². The van der Waals surface area contributed by atoms with Crippen LogP contribution in [0.2, 0.25) is 0 Å². The van der Waals surface area contributed by atoms with Crippen LogP contribution in [0.25, 0.3) is 0 Å². The monoisotopic (exact) mass is 424 g/mol. The van der Waals surface area contributed by atoms with Crippen LogP contribution in [0.4, 0.5) is 4.79 Å². The SMILES string of the molecule is Cn1cccc(C2CCCN(C(N)=O)C2C[C@H](O)CN2CCc3ccccc3C2)c1=O. The Balaban J connectivity index is 1.50. The number of nitrogens with zero attached hydrogens (tertiary/aromatic N) is 3. The highest BCUT2D eigenvalue weighted by atomic mass is 16.3. The van der Waals surface area contributed by atoms with Gasteiger partial charge in [0, 0.05) is 56.9 Å². The van der Waals surface area contributed by atoms with E-state index in [1.165, 1.54) is 11.1 Å². The van der Waals surface area contributed by atoms with Gasteiger partial charge in [-0.25, -0.2) is 4.79 Å². The number of carbonyl (C=O) groups is 1. The molecule has 1 aromatic heterocycles. The number of aryl methyl sites for hydroxylation is 1. The van der Waals surface area contributed by atoms with Crippen molar-refractivity contribution in [1.29, 1.82) is 0 Å². The fraction of sp³-hybridized carbons (Fsp3) is 0.500. The lowest BCUT2D eigenvalue weighted by Gasteiger charge is -2.42. The van der Waals surface area contributed by atoms with Gasteiger partial charge in [-0.15, -0.1) is 0 Å². The molecule has 0 spiro atoms. The highest BCUT2D eigenvalue weighted by molar-refractivity contribution is 5.72. The molecule has 1 fully saturated rings. The van der Waals surface area contributed by atoms with E-state index in [0.717, 1.165) is 32.4 Å². The maximum absolute atomic E-state index is 12.8. The second-order valence-corrected chi connectivity index (χ2v) is 8.87. The Labute approximate surface area is 183 Å². The van der Waals surface area contributed by atoms with E-state index in [4.69, 9.17) is 5.73 Å². The van der Waals surface area contributed by atoms with E-state index in [9.17, 15) is 14.7 Å². The minimum atomic E-state index is -0.606. The first-order valence-corrected chi connectivity index (χ1v) is 11.1. The highest BCUT2D eigenvalue weighted by Crippen LogP contribution is 2.34. The van der Waals surface area contributed by atoms with Crippen molar-refractivity contribution in [3.8, 4) is 0 Å². The summed E-state index contributed by atoms with van der Waals surface area (Å²) in [5.74, 6) is -0.127. The quantitative estimate of drug-likeness (QED) is 0.766. The molecule has 1 aromatic carbocycles. The van der Waals surface area contributed by atoms with E-state index in [1.807, 2.05) is 12.1 Å². The molecule has 7 nitrogen and oxygen atoms in total. The minimum Gasteiger partial charge on any atom is -0.392 e. The number of nitrogens with two attached hydrogens (primary N) is 1. The van der Waals surface area contributed by atoms with Crippen molar-refractivity contribution in [2.45, 2.75) is 50.3 Å². The van der Waals surface area contributed by atoms with Crippen molar-refractivity contribution in [3.63, 3.8) is 0 Å². The lowest BCUT2D eigenvalue weighted by Crippen LogP contribution is -2.52. The zero-order chi connectivity index (χ0) is 22.0. The van der Waals surface area contributed by atoms with Crippen molar-refractivity contribution >= 4 is 6.03 Å². The van der Waals surface area contributed by atoms with Crippen LogP contribution in [-0.4, -0.2) is 57.3 Å². The van der Waals surface area contributed by atoms with Crippen molar-refractivity contribution in [1.82, 2.24) is 14.4 Å². The van der Waals surface area contributed by atoms with Gasteiger partial charge in [0.15, 0.2) is 0 Å². The number of aliphatic hydroxyl groups excluding tert-OH is 1. The number of pyridine rings is 1. The second-order valence-electron chi connectivity index (χ2n) is 8.87. The molecule has 0 saturated carbocycles. The number of hydrogen-bond donors (Lipinski definition) is 2. The average molecular weight is 425 g/mol. The van der Waals surface area contributed by atoms with Crippen LogP contribution in [0, 0.1) is 0 Å². The Bertz CT molecular complexity index is 989. The maximum Gasteiger partial charge on any atom is 0.315 e. The zero-order valence-corrected chi connectivity index (χ0v) is 18.1. The van der Waals surface area contributed by atoms with Crippen LogP contribution >= 0.6 is 0 Å². The van der Waals surface area contributed by atoms with E-state index in [1.54, 1.807) is 22.7 Å². The van der Waals surface area contributed by atoms with E-state index < -0.39 is 12.1 Å². The number of piperidine rings is 1. The van der Waals surface area contributed by atoms with Crippen LogP contribution in [0.15, 0.2) is 47.4 Å². The molecular formula is C24H32N4O3. The highest BCUT2D eigenvalue weighted by Gasteiger charge is 2.37. The fourth-order valence-corrected chi connectivity index (χ4v) is 5.25. The minimum absolute atomic E-state index is 0.0500. The molecule has 2 unspecified atom stereocenters. The summed E-state index contributed by atoms with van der Waals surface area (Å²) in [5.41, 5.74) is 9.02. The maximum atomic E-state index is 12.8. The molecule has 31 heavy (non-hydrogen) atoms. The van der Waals surface area contributed by atoms with Gasteiger partial charge in [0.2, 0.25) is 0 Å². The zero-order valence-electron chi connectivity index (χ0n) is 18.1. The van der Waals surface area contributed by atoms with E-state index in [2.05, 4.69) is 29.2 Å². The molecule has 2 aromatic rings. The number of β-amino-alcohol motifs (C(OH)–C–C–N with tert-alkyl or cyclic N) is 1. The van der Waals surface area contributed by atoms with Gasteiger partial charge >= 0.3 is 6.03 Å². The van der Waals surface area contributed by atoms with Gasteiger partial charge in [0.1, 0.15) is 0 Å². The molecule has 0 aliphatic carbocycles. The molecular weight excluding hydrogens is 392 g/mol.